The van der Waals surface area contributed by atoms with E-state index in [-0.39, 0.29) is 18.3 Å². The molecule has 19 heteroatoms. The van der Waals surface area contributed by atoms with Crippen LogP contribution >= 0.6 is 23.5 Å². The molecule has 0 spiro atoms. The summed E-state index contributed by atoms with van der Waals surface area (Å²) in [6.45, 7) is 13.8. The van der Waals surface area contributed by atoms with Crippen LogP contribution < -0.4 is 0 Å². The quantitative estimate of drug-likeness (QED) is 0.0265. The van der Waals surface area contributed by atoms with Gasteiger partial charge in [-0.25, -0.2) is 13.7 Å². The molecule has 0 saturated carbocycles. The van der Waals surface area contributed by atoms with Gasteiger partial charge >= 0.3 is 67.8 Å². The van der Waals surface area contributed by atoms with Crippen molar-refractivity contribution in [2.24, 2.45) is 0 Å². The maximum absolute atomic E-state index is 10.8. The summed E-state index contributed by atoms with van der Waals surface area (Å²) in [4.78, 5) is 52.9. The Labute approximate surface area is 356 Å². The first-order valence-electron chi connectivity index (χ1n) is 21.9. The van der Waals surface area contributed by atoms with Gasteiger partial charge < -0.3 is 29.4 Å². The Hall–Kier alpha value is 0.933. The van der Waals surface area contributed by atoms with Gasteiger partial charge in [0.25, 0.3) is 0 Å². The monoisotopic (exact) mass is 964 g/mol. The van der Waals surface area contributed by atoms with Crippen LogP contribution in [0.15, 0.2) is 0 Å². The van der Waals surface area contributed by atoms with E-state index in [0.717, 1.165) is 116 Å². The van der Waals surface area contributed by atoms with Gasteiger partial charge in [0.1, 0.15) is 0 Å². The van der Waals surface area contributed by atoms with E-state index in [1.54, 1.807) is 0 Å². The average molecular weight is 966 g/mol. The maximum atomic E-state index is 10.8. The molecule has 0 aliphatic carbocycles. The molecule has 0 bridgehead atoms. The van der Waals surface area contributed by atoms with Gasteiger partial charge in [-0.15, -0.1) is 0 Å². The molecular weight excluding hydrogens is 881 g/mol. The molecule has 1 rings (SSSR count). The van der Waals surface area contributed by atoms with E-state index in [1.165, 1.54) is 57.8 Å². The van der Waals surface area contributed by atoms with Gasteiger partial charge in [0.05, 0.1) is 18.3 Å². The predicted octanol–water partition coefficient (Wildman–Crippen LogP) is 11.9. The van der Waals surface area contributed by atoms with Crippen molar-refractivity contribution in [3.8, 4) is 0 Å². The first kappa shape index (κ1) is 62.2. The van der Waals surface area contributed by atoms with Crippen molar-refractivity contribution in [2.45, 2.75) is 233 Å². The van der Waals surface area contributed by atoms with E-state index in [4.69, 9.17) is 42.9 Å². The molecule has 0 amide bonds. The standard InChI is InChI=1S/3C12H27O4P.C2H4O2.O.Zr/c3*1-3-5-7-8-9-11-12(10-6-4-2)16-17(13,14)15;3-1-2-4;;/h3*12H,3-11H2,1-2H3,(H2,13,14,15);1-2H2;;/q;;;-2;;+2. The third kappa shape index (κ3) is 54.9. The van der Waals surface area contributed by atoms with Crippen LogP contribution in [-0.4, -0.2) is 60.9 Å². The molecule has 1 aliphatic rings. The molecule has 0 radical (unpaired) electrons. The zero-order valence-corrected chi connectivity index (χ0v) is 41.6. The molecule has 3 atom stereocenters. The van der Waals surface area contributed by atoms with Crippen molar-refractivity contribution < 1.29 is 87.7 Å². The Kier molecular flexibility index (Phi) is 46.1. The Balaban J connectivity index is -0.000000712. The molecular formula is C38H85O15P3Zr. The molecule has 15 nitrogen and oxygen atoms in total. The van der Waals surface area contributed by atoms with Crippen LogP contribution in [0.3, 0.4) is 0 Å². The Morgan fingerprint density at radius 1 is 0.404 bits per heavy atom. The molecule has 1 fully saturated rings. The van der Waals surface area contributed by atoms with Gasteiger partial charge in [0, 0.05) is 0 Å². The van der Waals surface area contributed by atoms with Crippen LogP contribution in [0.4, 0.5) is 0 Å². The molecule has 6 N–H and O–H groups in total. The van der Waals surface area contributed by atoms with E-state index in [1.807, 2.05) is 0 Å². The van der Waals surface area contributed by atoms with Crippen LogP contribution in [0.5, 0.6) is 0 Å². The fourth-order valence-corrected chi connectivity index (χ4v) is 9.08. The fourth-order valence-electron chi connectivity index (χ4n) is 5.85. The second kappa shape index (κ2) is 42.2. The minimum absolute atomic E-state index is 0.280. The third-order valence-corrected chi connectivity index (χ3v) is 12.8. The molecule has 1 aliphatic heterocycles. The van der Waals surface area contributed by atoms with E-state index < -0.39 is 46.1 Å². The normalized spacial score (nSPS) is 14.8. The number of hydrogen-bond donors (Lipinski definition) is 6. The molecule has 0 aromatic carbocycles. The van der Waals surface area contributed by atoms with Crippen molar-refractivity contribution in [2.75, 3.05) is 13.2 Å². The average Bonchev–Trinajstić information content (AvgIpc) is 3.61. The van der Waals surface area contributed by atoms with Gasteiger partial charge in [0.15, 0.2) is 0 Å². The number of phosphoric acid groups is 3. The van der Waals surface area contributed by atoms with E-state index in [9.17, 15) is 16.5 Å². The number of rotatable bonds is 33. The van der Waals surface area contributed by atoms with Gasteiger partial charge in [-0.1, -0.05) is 176 Å². The molecule has 1 heterocycles. The minimum atomic E-state index is -4.32. The second-order valence-electron chi connectivity index (χ2n) is 14.6. The van der Waals surface area contributed by atoms with Crippen LogP contribution in [0.1, 0.15) is 215 Å². The van der Waals surface area contributed by atoms with Crippen LogP contribution in [-0.2, 0) is 58.3 Å². The summed E-state index contributed by atoms with van der Waals surface area (Å²) in [5.74, 6) is 0. The van der Waals surface area contributed by atoms with Gasteiger partial charge in [0.2, 0.25) is 0 Å². The number of hydrogen-bond acceptors (Lipinski definition) is 9. The fraction of sp³-hybridized carbons (Fsp3) is 1.00. The molecule has 0 aromatic heterocycles. The summed E-state index contributed by atoms with van der Waals surface area (Å²) in [5.41, 5.74) is 0. The summed E-state index contributed by atoms with van der Waals surface area (Å²) in [5, 5.41) is 0. The molecule has 346 valence electrons. The van der Waals surface area contributed by atoms with Gasteiger partial charge in [-0.2, -0.15) is 0 Å². The molecule has 0 aromatic rings. The molecule has 57 heavy (non-hydrogen) atoms. The van der Waals surface area contributed by atoms with E-state index in [0.29, 0.717) is 13.2 Å². The predicted molar refractivity (Wildman–Crippen MR) is 222 cm³/mol. The Bertz CT molecular complexity index is 908. The summed E-state index contributed by atoms with van der Waals surface area (Å²) in [6.07, 6.45) is 26.9. The zero-order valence-electron chi connectivity index (χ0n) is 36.4. The van der Waals surface area contributed by atoms with Crippen LogP contribution in [0, 0.1) is 0 Å². The summed E-state index contributed by atoms with van der Waals surface area (Å²) < 4.78 is 66.1. The van der Waals surface area contributed by atoms with E-state index >= 15 is 0 Å². The van der Waals surface area contributed by atoms with Gasteiger partial charge in [-0.05, 0) is 38.5 Å². The zero-order chi connectivity index (χ0) is 43.9. The van der Waals surface area contributed by atoms with Gasteiger partial charge in [-0.3, -0.25) is 13.6 Å². The summed E-state index contributed by atoms with van der Waals surface area (Å²) >= 11 is -2.76. The van der Waals surface area contributed by atoms with Crippen molar-refractivity contribution in [3.63, 3.8) is 0 Å². The SMILES string of the molecule is CCCCCCCC(CCCC)OP(=O)(O)O.CCCCCCCC(CCCC)OP(=O)(O)O.CCCCCCCC(CCCC)OP(=O)(O)O.[O]=[Zr]1[O]CC[O]1. The first-order chi connectivity index (χ1) is 26.9. The third-order valence-electron chi connectivity index (χ3n) is 8.91. The van der Waals surface area contributed by atoms with Crippen LogP contribution in [0.25, 0.3) is 0 Å². The van der Waals surface area contributed by atoms with E-state index in [2.05, 4.69) is 47.2 Å². The van der Waals surface area contributed by atoms with Crippen molar-refractivity contribution in [1.82, 2.24) is 0 Å². The number of phosphoric ester groups is 3. The van der Waals surface area contributed by atoms with Crippen molar-refractivity contribution >= 4 is 23.5 Å². The topological polar surface area (TPSA) is 236 Å². The number of unbranched alkanes of at least 4 members (excludes halogenated alkanes) is 15. The van der Waals surface area contributed by atoms with Crippen molar-refractivity contribution in [3.05, 3.63) is 0 Å². The molecule has 1 saturated heterocycles. The van der Waals surface area contributed by atoms with Crippen LogP contribution in [0.2, 0.25) is 0 Å². The van der Waals surface area contributed by atoms with Crippen molar-refractivity contribution in [1.29, 1.82) is 0 Å². The Morgan fingerprint density at radius 3 is 0.789 bits per heavy atom. The second-order valence-corrected chi connectivity index (χ2v) is 20.9. The summed E-state index contributed by atoms with van der Waals surface area (Å²) in [7, 11) is -13.0. The Morgan fingerprint density at radius 2 is 0.614 bits per heavy atom. The first-order valence-corrected chi connectivity index (χ1v) is 29.5. The summed E-state index contributed by atoms with van der Waals surface area (Å²) in [6, 6.07) is 0. The molecule has 3 unspecified atom stereocenters.